The first-order valence-corrected chi connectivity index (χ1v) is 8.24. The molecule has 0 amide bonds. The van der Waals surface area contributed by atoms with Crippen LogP contribution in [0.15, 0.2) is 0 Å². The van der Waals surface area contributed by atoms with Gasteiger partial charge in [-0.15, -0.1) is 0 Å². The molecule has 3 N–H and O–H groups in total. The van der Waals surface area contributed by atoms with Gasteiger partial charge in [0, 0.05) is 19.1 Å². The smallest absolute Gasteiger partial charge is 0.00769 e. The fourth-order valence-electron chi connectivity index (χ4n) is 2.37. The first-order chi connectivity index (χ1) is 8.81. The number of unbranched alkanes of at least 4 members (excludes halogenated alkanes) is 9. The molecule has 126 valence electrons. The standard InChI is InChI=1S/C16H36N2.2BrH/c1-3-4-5-6-7-8-9-10-11-12-13-16(2)18-15-14-17;;/h16,18H,3-15,17H2,1-2H3;2*1H/p-2. The Kier molecular flexibility index (Phi) is 28.6. The summed E-state index contributed by atoms with van der Waals surface area (Å²) in [6.07, 6.45) is 15.5. The van der Waals surface area contributed by atoms with E-state index < -0.39 is 0 Å². The summed E-state index contributed by atoms with van der Waals surface area (Å²) in [6.45, 7) is 6.26. The van der Waals surface area contributed by atoms with E-state index in [-0.39, 0.29) is 34.0 Å². The number of hydrogen-bond acceptors (Lipinski definition) is 2. The van der Waals surface area contributed by atoms with E-state index in [1.807, 2.05) is 0 Å². The third kappa shape index (κ3) is 21.2. The van der Waals surface area contributed by atoms with E-state index in [1.165, 1.54) is 70.6 Å². The van der Waals surface area contributed by atoms with Crippen LogP contribution in [0.5, 0.6) is 0 Å². The van der Waals surface area contributed by atoms with Crippen molar-refractivity contribution < 1.29 is 34.0 Å². The Hall–Kier alpha value is 0.880. The van der Waals surface area contributed by atoms with Crippen LogP contribution in [0.3, 0.4) is 0 Å². The largest absolute Gasteiger partial charge is 1.00 e. The van der Waals surface area contributed by atoms with Crippen LogP contribution in [0.2, 0.25) is 0 Å². The van der Waals surface area contributed by atoms with Gasteiger partial charge in [0.1, 0.15) is 0 Å². The van der Waals surface area contributed by atoms with E-state index >= 15 is 0 Å². The van der Waals surface area contributed by atoms with Crippen molar-refractivity contribution in [2.45, 2.75) is 90.5 Å². The number of nitrogens with one attached hydrogen (secondary N) is 1. The zero-order valence-electron chi connectivity index (χ0n) is 13.6. The molecule has 0 saturated carbocycles. The number of hydrogen-bond donors (Lipinski definition) is 2. The van der Waals surface area contributed by atoms with E-state index in [4.69, 9.17) is 5.73 Å². The van der Waals surface area contributed by atoms with Crippen LogP contribution in [0.1, 0.15) is 84.5 Å². The highest BCUT2D eigenvalue weighted by Crippen LogP contribution is 2.11. The summed E-state index contributed by atoms with van der Waals surface area (Å²) < 4.78 is 0. The number of rotatable bonds is 14. The predicted octanol–water partition coefficient (Wildman–Crippen LogP) is -1.76. The second kappa shape index (κ2) is 22.2. The van der Waals surface area contributed by atoms with E-state index in [0.717, 1.165) is 13.1 Å². The first-order valence-electron chi connectivity index (χ1n) is 8.24. The van der Waals surface area contributed by atoms with Crippen molar-refractivity contribution >= 4 is 0 Å². The van der Waals surface area contributed by atoms with Crippen LogP contribution in [0.4, 0.5) is 0 Å². The Morgan fingerprint density at radius 3 is 1.70 bits per heavy atom. The van der Waals surface area contributed by atoms with Crippen LogP contribution >= 0.6 is 0 Å². The van der Waals surface area contributed by atoms with Crippen LogP contribution < -0.4 is 45.0 Å². The fourth-order valence-corrected chi connectivity index (χ4v) is 2.37. The summed E-state index contributed by atoms with van der Waals surface area (Å²) in [7, 11) is 0. The minimum atomic E-state index is 0. The average molecular weight is 416 g/mol. The summed E-state index contributed by atoms with van der Waals surface area (Å²) in [5.41, 5.74) is 5.47. The minimum absolute atomic E-state index is 0. The van der Waals surface area contributed by atoms with Gasteiger partial charge < -0.3 is 45.0 Å². The summed E-state index contributed by atoms with van der Waals surface area (Å²) >= 11 is 0. The van der Waals surface area contributed by atoms with Crippen molar-refractivity contribution in [3.05, 3.63) is 0 Å². The highest BCUT2D eigenvalue weighted by atomic mass is 79.9. The van der Waals surface area contributed by atoms with Gasteiger partial charge in [0.05, 0.1) is 0 Å². The molecule has 1 unspecified atom stereocenters. The van der Waals surface area contributed by atoms with Gasteiger partial charge in [0.15, 0.2) is 0 Å². The van der Waals surface area contributed by atoms with Gasteiger partial charge in [-0.2, -0.15) is 0 Å². The summed E-state index contributed by atoms with van der Waals surface area (Å²) in [4.78, 5) is 0. The normalized spacial score (nSPS) is 11.6. The third-order valence-corrected chi connectivity index (χ3v) is 3.63. The molecule has 0 bridgehead atoms. The second-order valence-electron chi connectivity index (χ2n) is 5.61. The molecule has 0 spiro atoms. The van der Waals surface area contributed by atoms with Gasteiger partial charge in [-0.3, -0.25) is 0 Å². The predicted molar refractivity (Wildman–Crippen MR) is 83.0 cm³/mol. The number of nitrogens with two attached hydrogens (primary N) is 1. The Bertz CT molecular complexity index is 157. The zero-order valence-corrected chi connectivity index (χ0v) is 16.8. The zero-order chi connectivity index (χ0) is 13.5. The lowest BCUT2D eigenvalue weighted by Gasteiger charge is -2.12. The molecule has 0 aliphatic rings. The maximum absolute atomic E-state index is 5.47. The molecule has 20 heavy (non-hydrogen) atoms. The molecule has 0 aromatic rings. The first kappa shape index (κ1) is 25.8. The van der Waals surface area contributed by atoms with E-state index in [1.54, 1.807) is 0 Å². The molecule has 0 aromatic heterocycles. The van der Waals surface area contributed by atoms with Gasteiger partial charge in [-0.25, -0.2) is 0 Å². The van der Waals surface area contributed by atoms with Gasteiger partial charge in [0.25, 0.3) is 0 Å². The summed E-state index contributed by atoms with van der Waals surface area (Å²) in [6, 6.07) is 0.641. The average Bonchev–Trinajstić information content (AvgIpc) is 2.38. The molecule has 0 saturated heterocycles. The van der Waals surface area contributed by atoms with Crippen LogP contribution in [-0.4, -0.2) is 19.1 Å². The van der Waals surface area contributed by atoms with Gasteiger partial charge >= 0.3 is 0 Å². The van der Waals surface area contributed by atoms with Crippen molar-refractivity contribution in [3.63, 3.8) is 0 Å². The van der Waals surface area contributed by atoms with Crippen molar-refractivity contribution in [2.75, 3.05) is 13.1 Å². The quantitative estimate of drug-likeness (QED) is 0.330. The topological polar surface area (TPSA) is 38.0 Å². The van der Waals surface area contributed by atoms with E-state index in [9.17, 15) is 0 Å². The lowest BCUT2D eigenvalue weighted by atomic mass is 10.0. The molecule has 0 aliphatic carbocycles. The molecule has 0 heterocycles. The van der Waals surface area contributed by atoms with Crippen molar-refractivity contribution in [3.8, 4) is 0 Å². The van der Waals surface area contributed by atoms with Crippen molar-refractivity contribution in [1.29, 1.82) is 0 Å². The monoisotopic (exact) mass is 414 g/mol. The van der Waals surface area contributed by atoms with Gasteiger partial charge in [-0.05, 0) is 13.3 Å². The van der Waals surface area contributed by atoms with Gasteiger partial charge in [0.2, 0.25) is 0 Å². The molecule has 0 aromatic carbocycles. The Labute approximate surface area is 148 Å². The highest BCUT2D eigenvalue weighted by Gasteiger charge is 1.99. The Morgan fingerprint density at radius 1 is 0.800 bits per heavy atom. The van der Waals surface area contributed by atoms with E-state index in [0.29, 0.717) is 6.04 Å². The van der Waals surface area contributed by atoms with Gasteiger partial charge in [-0.1, -0.05) is 71.1 Å². The molecular formula is C16H36Br2N2-2. The molecule has 0 rings (SSSR count). The third-order valence-electron chi connectivity index (χ3n) is 3.63. The maximum atomic E-state index is 5.47. The minimum Gasteiger partial charge on any atom is -1.00 e. The second-order valence-corrected chi connectivity index (χ2v) is 5.61. The highest BCUT2D eigenvalue weighted by molar-refractivity contribution is 4.60. The molecule has 0 fully saturated rings. The number of halogens is 2. The summed E-state index contributed by atoms with van der Waals surface area (Å²) in [5.74, 6) is 0. The molecule has 0 aliphatic heterocycles. The molecule has 4 heteroatoms. The summed E-state index contributed by atoms with van der Waals surface area (Å²) in [5, 5.41) is 3.44. The lowest BCUT2D eigenvalue weighted by Crippen LogP contribution is -3.00. The van der Waals surface area contributed by atoms with Crippen molar-refractivity contribution in [1.82, 2.24) is 5.32 Å². The fraction of sp³-hybridized carbons (Fsp3) is 1.00. The molecular weight excluding hydrogens is 380 g/mol. The van der Waals surface area contributed by atoms with Crippen LogP contribution in [-0.2, 0) is 0 Å². The molecule has 1 atom stereocenters. The van der Waals surface area contributed by atoms with Crippen LogP contribution in [0, 0.1) is 0 Å². The maximum Gasteiger partial charge on any atom is 0.00769 e. The van der Waals surface area contributed by atoms with E-state index in [2.05, 4.69) is 19.2 Å². The Morgan fingerprint density at radius 2 is 1.25 bits per heavy atom. The Balaban J connectivity index is -0.00000144. The lowest BCUT2D eigenvalue weighted by molar-refractivity contribution is -0.00100. The van der Waals surface area contributed by atoms with Crippen LogP contribution in [0.25, 0.3) is 0 Å². The van der Waals surface area contributed by atoms with Crippen molar-refractivity contribution in [2.24, 2.45) is 5.73 Å². The SMILES string of the molecule is CCCCCCCCCCCCC(C)NCCN.[Br-].[Br-]. The molecule has 0 radical (unpaired) electrons. The molecule has 2 nitrogen and oxygen atoms in total.